The zero-order valence-electron chi connectivity index (χ0n) is 15.4. The molecule has 0 radical (unpaired) electrons. The van der Waals surface area contributed by atoms with E-state index in [1.807, 2.05) is 36.4 Å². The Labute approximate surface area is 154 Å². The number of pyridine rings is 1. The maximum atomic E-state index is 12.5. The summed E-state index contributed by atoms with van der Waals surface area (Å²) < 4.78 is 11.1. The lowest BCUT2D eigenvalue weighted by Crippen LogP contribution is -2.45. The first-order valence-electron chi connectivity index (χ1n) is 8.83. The van der Waals surface area contributed by atoms with Gasteiger partial charge in [-0.1, -0.05) is 18.2 Å². The SMILES string of the molecule is COc1ccccc1CNC(=O)c1cc(N2C[C@@H](C)O[C@@H](C)C2)ccn1. The first kappa shape index (κ1) is 18.2. The fourth-order valence-corrected chi connectivity index (χ4v) is 3.24. The van der Waals surface area contributed by atoms with Gasteiger partial charge < -0.3 is 19.7 Å². The van der Waals surface area contributed by atoms with E-state index in [4.69, 9.17) is 9.47 Å². The fourth-order valence-electron chi connectivity index (χ4n) is 3.24. The Balaban J connectivity index is 1.68. The number of aromatic nitrogens is 1. The quantitative estimate of drug-likeness (QED) is 0.893. The Bertz CT molecular complexity index is 755. The number of nitrogens with one attached hydrogen (secondary N) is 1. The molecule has 3 rings (SSSR count). The number of rotatable bonds is 5. The maximum absolute atomic E-state index is 12.5. The maximum Gasteiger partial charge on any atom is 0.270 e. The molecule has 26 heavy (non-hydrogen) atoms. The van der Waals surface area contributed by atoms with E-state index in [-0.39, 0.29) is 18.1 Å². The standard InChI is InChI=1S/C20H25N3O3/c1-14-12-23(13-15(2)26-14)17-8-9-21-18(10-17)20(24)22-11-16-6-4-5-7-19(16)25-3/h4-10,14-15H,11-13H2,1-3H3,(H,22,24)/t14-,15+. The minimum Gasteiger partial charge on any atom is -0.496 e. The summed E-state index contributed by atoms with van der Waals surface area (Å²) >= 11 is 0. The zero-order valence-corrected chi connectivity index (χ0v) is 15.4. The second-order valence-electron chi connectivity index (χ2n) is 6.56. The van der Waals surface area contributed by atoms with Crippen molar-refractivity contribution in [1.82, 2.24) is 10.3 Å². The minimum absolute atomic E-state index is 0.162. The summed E-state index contributed by atoms with van der Waals surface area (Å²) in [7, 11) is 1.62. The molecule has 0 saturated carbocycles. The van der Waals surface area contributed by atoms with Crippen molar-refractivity contribution in [1.29, 1.82) is 0 Å². The van der Waals surface area contributed by atoms with Crippen molar-refractivity contribution in [2.24, 2.45) is 0 Å². The third-order valence-corrected chi connectivity index (χ3v) is 4.39. The molecule has 2 atom stereocenters. The molecule has 1 aliphatic rings. The van der Waals surface area contributed by atoms with Crippen LogP contribution in [0.4, 0.5) is 5.69 Å². The molecule has 1 saturated heterocycles. The Morgan fingerprint density at radius 3 is 2.73 bits per heavy atom. The van der Waals surface area contributed by atoms with E-state index in [1.54, 1.807) is 13.3 Å². The predicted octanol–water partition coefficient (Wildman–Crippen LogP) is 2.63. The Morgan fingerprint density at radius 1 is 1.27 bits per heavy atom. The summed E-state index contributed by atoms with van der Waals surface area (Å²) in [6.45, 7) is 6.11. The van der Waals surface area contributed by atoms with Gasteiger partial charge in [0.25, 0.3) is 5.91 Å². The second kappa shape index (κ2) is 8.19. The topological polar surface area (TPSA) is 63.7 Å². The third kappa shape index (κ3) is 4.32. The van der Waals surface area contributed by atoms with Crippen molar-refractivity contribution in [3.8, 4) is 5.75 Å². The normalized spacial score (nSPS) is 19.9. The van der Waals surface area contributed by atoms with Crippen molar-refractivity contribution in [3.05, 3.63) is 53.9 Å². The second-order valence-corrected chi connectivity index (χ2v) is 6.56. The van der Waals surface area contributed by atoms with Gasteiger partial charge in [0, 0.05) is 37.1 Å². The number of para-hydroxylation sites is 1. The van der Waals surface area contributed by atoms with E-state index in [2.05, 4.69) is 29.0 Å². The number of anilines is 1. The molecular weight excluding hydrogens is 330 g/mol. The number of nitrogens with zero attached hydrogens (tertiary/aromatic N) is 2. The highest BCUT2D eigenvalue weighted by Gasteiger charge is 2.23. The van der Waals surface area contributed by atoms with E-state index in [1.165, 1.54) is 0 Å². The van der Waals surface area contributed by atoms with Crippen LogP contribution in [0.15, 0.2) is 42.6 Å². The lowest BCUT2D eigenvalue weighted by molar-refractivity contribution is -0.00522. The van der Waals surface area contributed by atoms with Crippen LogP contribution in [-0.2, 0) is 11.3 Å². The average molecular weight is 355 g/mol. The van der Waals surface area contributed by atoms with E-state index in [9.17, 15) is 4.79 Å². The van der Waals surface area contributed by atoms with Crippen LogP contribution in [0.25, 0.3) is 0 Å². The van der Waals surface area contributed by atoms with Crippen molar-refractivity contribution < 1.29 is 14.3 Å². The molecule has 1 amide bonds. The van der Waals surface area contributed by atoms with Crippen molar-refractivity contribution in [2.75, 3.05) is 25.1 Å². The molecule has 6 nitrogen and oxygen atoms in total. The summed E-state index contributed by atoms with van der Waals surface area (Å²) in [6, 6.07) is 11.4. The van der Waals surface area contributed by atoms with Gasteiger partial charge in [0.1, 0.15) is 11.4 Å². The highest BCUT2D eigenvalue weighted by molar-refractivity contribution is 5.93. The number of ether oxygens (including phenoxy) is 2. The summed E-state index contributed by atoms with van der Waals surface area (Å²) in [5.41, 5.74) is 2.32. The Kier molecular flexibility index (Phi) is 5.73. The van der Waals surface area contributed by atoms with Crippen LogP contribution in [0.2, 0.25) is 0 Å². The molecule has 2 heterocycles. The van der Waals surface area contributed by atoms with Gasteiger partial charge in [0.2, 0.25) is 0 Å². The van der Waals surface area contributed by atoms with Crippen LogP contribution in [0.3, 0.4) is 0 Å². The van der Waals surface area contributed by atoms with Crippen LogP contribution in [0.5, 0.6) is 5.75 Å². The fraction of sp³-hybridized carbons (Fsp3) is 0.400. The molecule has 1 aliphatic heterocycles. The van der Waals surface area contributed by atoms with Gasteiger partial charge in [-0.2, -0.15) is 0 Å². The van der Waals surface area contributed by atoms with Crippen LogP contribution in [-0.4, -0.2) is 43.3 Å². The molecule has 1 aromatic heterocycles. The number of carbonyl (C=O) groups is 1. The number of amides is 1. The van der Waals surface area contributed by atoms with Crippen LogP contribution in [0.1, 0.15) is 29.9 Å². The highest BCUT2D eigenvalue weighted by atomic mass is 16.5. The number of morpholine rings is 1. The summed E-state index contributed by atoms with van der Waals surface area (Å²) in [4.78, 5) is 19.0. The summed E-state index contributed by atoms with van der Waals surface area (Å²) in [6.07, 6.45) is 2.00. The van der Waals surface area contributed by atoms with Crippen LogP contribution >= 0.6 is 0 Å². The van der Waals surface area contributed by atoms with E-state index in [0.29, 0.717) is 12.2 Å². The van der Waals surface area contributed by atoms with Gasteiger partial charge in [-0.3, -0.25) is 9.78 Å². The molecule has 6 heteroatoms. The monoisotopic (exact) mass is 355 g/mol. The number of hydrogen-bond donors (Lipinski definition) is 1. The molecule has 0 aliphatic carbocycles. The molecular formula is C20H25N3O3. The Morgan fingerprint density at radius 2 is 2.00 bits per heavy atom. The molecule has 0 bridgehead atoms. The first-order valence-corrected chi connectivity index (χ1v) is 8.83. The average Bonchev–Trinajstić information content (AvgIpc) is 2.65. The van der Waals surface area contributed by atoms with Gasteiger partial charge in [0.05, 0.1) is 19.3 Å². The number of hydrogen-bond acceptors (Lipinski definition) is 5. The molecule has 0 spiro atoms. The highest BCUT2D eigenvalue weighted by Crippen LogP contribution is 2.21. The van der Waals surface area contributed by atoms with Crippen LogP contribution < -0.4 is 15.0 Å². The van der Waals surface area contributed by atoms with Crippen molar-refractivity contribution in [2.45, 2.75) is 32.6 Å². The van der Waals surface area contributed by atoms with E-state index < -0.39 is 0 Å². The number of benzene rings is 1. The molecule has 1 N–H and O–H groups in total. The minimum atomic E-state index is -0.202. The van der Waals surface area contributed by atoms with Crippen molar-refractivity contribution >= 4 is 11.6 Å². The lowest BCUT2D eigenvalue weighted by atomic mass is 10.2. The van der Waals surface area contributed by atoms with E-state index in [0.717, 1.165) is 30.1 Å². The lowest BCUT2D eigenvalue weighted by Gasteiger charge is -2.36. The Hall–Kier alpha value is -2.60. The first-order chi connectivity index (χ1) is 12.6. The molecule has 2 aromatic rings. The predicted molar refractivity (Wildman–Crippen MR) is 101 cm³/mol. The molecule has 0 unspecified atom stereocenters. The summed E-state index contributed by atoms with van der Waals surface area (Å²) in [5.74, 6) is 0.554. The van der Waals surface area contributed by atoms with Gasteiger partial charge >= 0.3 is 0 Å². The van der Waals surface area contributed by atoms with Crippen LogP contribution in [0, 0.1) is 0 Å². The number of carbonyl (C=O) groups excluding carboxylic acids is 1. The smallest absolute Gasteiger partial charge is 0.270 e. The largest absolute Gasteiger partial charge is 0.496 e. The summed E-state index contributed by atoms with van der Waals surface area (Å²) in [5, 5.41) is 2.91. The van der Waals surface area contributed by atoms with E-state index >= 15 is 0 Å². The molecule has 1 aromatic carbocycles. The van der Waals surface area contributed by atoms with Gasteiger partial charge in [-0.25, -0.2) is 0 Å². The van der Waals surface area contributed by atoms with Gasteiger partial charge in [0.15, 0.2) is 0 Å². The molecule has 138 valence electrons. The van der Waals surface area contributed by atoms with Gasteiger partial charge in [-0.15, -0.1) is 0 Å². The zero-order chi connectivity index (χ0) is 18.5. The molecule has 1 fully saturated rings. The van der Waals surface area contributed by atoms with Gasteiger partial charge in [-0.05, 0) is 32.0 Å². The number of methoxy groups -OCH3 is 1. The third-order valence-electron chi connectivity index (χ3n) is 4.39. The van der Waals surface area contributed by atoms with Crippen molar-refractivity contribution in [3.63, 3.8) is 0 Å².